The Balaban J connectivity index is 0.000000963. The van der Waals surface area contributed by atoms with Gasteiger partial charge in [-0.15, -0.1) is 24.2 Å². The van der Waals surface area contributed by atoms with Gasteiger partial charge in [0.05, 0.1) is 24.3 Å². The third kappa shape index (κ3) is 2.32. The van der Waals surface area contributed by atoms with Gasteiger partial charge in [0.15, 0.2) is 0 Å². The fourth-order valence-electron chi connectivity index (χ4n) is 2.64. The Labute approximate surface area is 106 Å². The number of amides is 1. The number of nitrogens with one attached hydrogen (secondary N) is 2. The molecule has 0 radical (unpaired) electrons. The van der Waals surface area contributed by atoms with Crippen molar-refractivity contribution in [2.75, 3.05) is 11.6 Å². The number of rotatable bonds is 2. The number of carbonyl (C=O) groups excluding carboxylic acids is 1. The molecule has 3 aliphatic rings. The molecule has 92 valence electrons. The number of hydrogen-bond donors (Lipinski definition) is 2. The maximum Gasteiger partial charge on any atom is 0.238 e. The van der Waals surface area contributed by atoms with Gasteiger partial charge in [0, 0.05) is 11.6 Å². The van der Waals surface area contributed by atoms with Crippen LogP contribution in [0.4, 0.5) is 0 Å². The minimum absolute atomic E-state index is 0. The van der Waals surface area contributed by atoms with Gasteiger partial charge >= 0.3 is 0 Å². The van der Waals surface area contributed by atoms with E-state index < -0.39 is 0 Å². The molecule has 0 aromatic rings. The number of carbonyl (C=O) groups is 1. The summed E-state index contributed by atoms with van der Waals surface area (Å²) in [6.07, 6.45) is 3.99. The van der Waals surface area contributed by atoms with Gasteiger partial charge in [-0.25, -0.2) is 0 Å². The Bertz CT molecular complexity index is 274. The van der Waals surface area contributed by atoms with E-state index in [0.717, 1.165) is 24.5 Å². The van der Waals surface area contributed by atoms with E-state index >= 15 is 0 Å². The Kier molecular flexibility index (Phi) is 4.00. The highest BCUT2D eigenvalue weighted by atomic mass is 35.5. The zero-order valence-corrected chi connectivity index (χ0v) is 10.6. The minimum atomic E-state index is 0. The molecular formula is C10H17ClN2O2S. The van der Waals surface area contributed by atoms with Crippen LogP contribution >= 0.6 is 24.2 Å². The molecule has 3 fully saturated rings. The molecule has 0 unspecified atom stereocenters. The number of halogens is 1. The van der Waals surface area contributed by atoms with Gasteiger partial charge in [0.25, 0.3) is 0 Å². The van der Waals surface area contributed by atoms with Crippen molar-refractivity contribution in [3.63, 3.8) is 0 Å². The first-order valence-corrected chi connectivity index (χ1v) is 6.75. The van der Waals surface area contributed by atoms with Gasteiger partial charge in [0.2, 0.25) is 5.91 Å². The van der Waals surface area contributed by atoms with Crippen LogP contribution in [-0.4, -0.2) is 41.8 Å². The Morgan fingerprint density at radius 3 is 2.88 bits per heavy atom. The normalized spacial score (nSPS) is 40.8. The number of fused-ring (bicyclic) bond motifs is 2. The molecule has 0 aromatic heterocycles. The van der Waals surface area contributed by atoms with Crippen LogP contribution in [0.25, 0.3) is 0 Å². The largest absolute Gasteiger partial charge is 0.373 e. The molecule has 6 heteroatoms. The first kappa shape index (κ1) is 12.5. The summed E-state index contributed by atoms with van der Waals surface area (Å²) in [5.74, 6) is 1.94. The third-order valence-corrected chi connectivity index (χ3v) is 4.41. The maximum atomic E-state index is 11.8. The van der Waals surface area contributed by atoms with Crippen molar-refractivity contribution < 1.29 is 9.53 Å². The molecule has 0 spiro atoms. The second kappa shape index (κ2) is 5.12. The van der Waals surface area contributed by atoms with E-state index in [2.05, 4.69) is 10.6 Å². The van der Waals surface area contributed by atoms with E-state index in [1.54, 1.807) is 11.8 Å². The molecular weight excluding hydrogens is 248 g/mol. The van der Waals surface area contributed by atoms with Crippen molar-refractivity contribution in [2.24, 2.45) is 0 Å². The molecule has 3 rings (SSSR count). The Morgan fingerprint density at radius 2 is 2.31 bits per heavy atom. The molecule has 4 atom stereocenters. The second-order valence-corrected chi connectivity index (χ2v) is 5.53. The maximum absolute atomic E-state index is 11.8. The van der Waals surface area contributed by atoms with E-state index in [1.165, 1.54) is 6.42 Å². The highest BCUT2D eigenvalue weighted by molar-refractivity contribution is 7.99. The van der Waals surface area contributed by atoms with Crippen molar-refractivity contribution in [3.8, 4) is 0 Å². The standard InChI is InChI=1S/C10H16N2O2S.ClH/c13-10(8-4-15-5-11-8)12-7-3-6-1-2-9(7)14-6;/h6-9,11H,1-5H2,(H,12,13);1H/t6-,7-,8-,9+;/m1./s1. The zero-order chi connectivity index (χ0) is 10.3. The van der Waals surface area contributed by atoms with Crippen LogP contribution in [0.2, 0.25) is 0 Å². The minimum Gasteiger partial charge on any atom is -0.373 e. The second-order valence-electron chi connectivity index (χ2n) is 4.50. The number of ether oxygens (including phenoxy) is 1. The van der Waals surface area contributed by atoms with E-state index in [0.29, 0.717) is 6.10 Å². The Morgan fingerprint density at radius 1 is 1.44 bits per heavy atom. The van der Waals surface area contributed by atoms with Gasteiger partial charge in [-0.2, -0.15) is 0 Å². The molecule has 2 N–H and O–H groups in total. The SMILES string of the molecule is Cl.O=C(N[C@@H]1C[C@H]2CC[C@@H]1O2)[C@H]1CSCN1. The fraction of sp³-hybridized carbons (Fsp3) is 0.900. The number of thioether (sulfide) groups is 1. The predicted octanol–water partition coefficient (Wildman–Crippen LogP) is 0.507. The topological polar surface area (TPSA) is 50.4 Å². The highest BCUT2D eigenvalue weighted by Crippen LogP contribution is 2.34. The summed E-state index contributed by atoms with van der Waals surface area (Å²) < 4.78 is 5.71. The number of hydrogen-bond acceptors (Lipinski definition) is 4. The molecule has 0 saturated carbocycles. The lowest BCUT2D eigenvalue weighted by Gasteiger charge is -2.21. The van der Waals surface area contributed by atoms with Crippen LogP contribution in [-0.2, 0) is 9.53 Å². The smallest absolute Gasteiger partial charge is 0.238 e. The molecule has 0 aromatic carbocycles. The van der Waals surface area contributed by atoms with E-state index in [-0.39, 0.29) is 36.5 Å². The lowest BCUT2D eigenvalue weighted by Crippen LogP contribution is -2.49. The van der Waals surface area contributed by atoms with Crippen molar-refractivity contribution in [2.45, 2.75) is 43.6 Å². The summed E-state index contributed by atoms with van der Waals surface area (Å²) in [4.78, 5) is 11.8. The molecule has 1 amide bonds. The monoisotopic (exact) mass is 264 g/mol. The van der Waals surface area contributed by atoms with Gasteiger partial charge in [-0.05, 0) is 19.3 Å². The summed E-state index contributed by atoms with van der Waals surface area (Å²) in [6, 6.07) is 0.276. The van der Waals surface area contributed by atoms with Gasteiger partial charge in [-0.1, -0.05) is 0 Å². The quantitative estimate of drug-likeness (QED) is 0.763. The molecule has 3 saturated heterocycles. The summed E-state index contributed by atoms with van der Waals surface area (Å²) in [7, 11) is 0. The third-order valence-electron chi connectivity index (χ3n) is 3.47. The van der Waals surface area contributed by atoms with Crippen LogP contribution in [0, 0.1) is 0 Å². The summed E-state index contributed by atoms with van der Waals surface area (Å²) in [5.41, 5.74) is 0. The van der Waals surface area contributed by atoms with Crippen molar-refractivity contribution in [3.05, 3.63) is 0 Å². The summed E-state index contributed by atoms with van der Waals surface area (Å²) >= 11 is 1.78. The summed E-state index contributed by atoms with van der Waals surface area (Å²) in [5, 5.41) is 6.30. The molecule has 0 aliphatic carbocycles. The van der Waals surface area contributed by atoms with Gasteiger partial charge < -0.3 is 10.1 Å². The van der Waals surface area contributed by atoms with Crippen LogP contribution in [0.5, 0.6) is 0 Å². The summed E-state index contributed by atoms with van der Waals surface area (Å²) in [6.45, 7) is 0. The van der Waals surface area contributed by atoms with E-state index in [1.807, 2.05) is 0 Å². The first-order valence-electron chi connectivity index (χ1n) is 5.60. The van der Waals surface area contributed by atoms with Crippen molar-refractivity contribution in [1.29, 1.82) is 0 Å². The predicted molar refractivity (Wildman–Crippen MR) is 65.9 cm³/mol. The lowest BCUT2D eigenvalue weighted by atomic mass is 9.95. The van der Waals surface area contributed by atoms with Crippen LogP contribution in [0.1, 0.15) is 19.3 Å². The van der Waals surface area contributed by atoms with Crippen LogP contribution in [0.3, 0.4) is 0 Å². The van der Waals surface area contributed by atoms with Crippen LogP contribution in [0.15, 0.2) is 0 Å². The fourth-order valence-corrected chi connectivity index (χ4v) is 3.58. The molecule has 3 aliphatic heterocycles. The molecule has 3 heterocycles. The lowest BCUT2D eigenvalue weighted by molar-refractivity contribution is -0.123. The van der Waals surface area contributed by atoms with Gasteiger partial charge in [-0.3, -0.25) is 10.1 Å². The molecule has 16 heavy (non-hydrogen) atoms. The van der Waals surface area contributed by atoms with E-state index in [4.69, 9.17) is 4.74 Å². The highest BCUT2D eigenvalue weighted by Gasteiger charge is 2.42. The van der Waals surface area contributed by atoms with Crippen molar-refractivity contribution >= 4 is 30.1 Å². The average molecular weight is 265 g/mol. The molecule has 2 bridgehead atoms. The zero-order valence-electron chi connectivity index (χ0n) is 8.98. The molecule has 4 nitrogen and oxygen atoms in total. The van der Waals surface area contributed by atoms with Gasteiger partial charge in [0.1, 0.15) is 0 Å². The van der Waals surface area contributed by atoms with Crippen molar-refractivity contribution in [1.82, 2.24) is 10.6 Å². The first-order chi connectivity index (χ1) is 7.33. The van der Waals surface area contributed by atoms with Crippen LogP contribution < -0.4 is 10.6 Å². The Hall–Kier alpha value is 0.0300. The average Bonchev–Trinajstić information content (AvgIpc) is 2.95. The van der Waals surface area contributed by atoms with E-state index in [9.17, 15) is 4.79 Å².